The normalized spacial score (nSPS) is 13.8. The van der Waals surface area contributed by atoms with Gasteiger partial charge in [0.15, 0.2) is 5.75 Å². The molecular formula is C26H29N3O3. The van der Waals surface area contributed by atoms with Crippen LogP contribution in [0.3, 0.4) is 0 Å². The molecular weight excluding hydrogens is 402 g/mol. The van der Waals surface area contributed by atoms with E-state index in [-0.39, 0.29) is 12.5 Å². The lowest BCUT2D eigenvalue weighted by Gasteiger charge is -2.31. The SMILES string of the molecule is CN(CC(=O)Nc1ccccc1Oc1ccccc1)Cc1ccccc1N1CCOCC1. The van der Waals surface area contributed by atoms with Crippen LogP contribution in [0.25, 0.3) is 0 Å². The molecule has 1 saturated heterocycles. The number of anilines is 2. The second kappa shape index (κ2) is 10.8. The fourth-order valence-electron chi connectivity index (χ4n) is 3.81. The summed E-state index contributed by atoms with van der Waals surface area (Å²) in [6.45, 7) is 4.23. The van der Waals surface area contributed by atoms with Crippen LogP contribution < -0.4 is 15.0 Å². The van der Waals surface area contributed by atoms with Crippen LogP contribution in [0.5, 0.6) is 11.5 Å². The fraction of sp³-hybridized carbons (Fsp3) is 0.269. The summed E-state index contributed by atoms with van der Waals surface area (Å²) < 4.78 is 11.4. The first-order valence-corrected chi connectivity index (χ1v) is 10.9. The van der Waals surface area contributed by atoms with Gasteiger partial charge in [-0.2, -0.15) is 0 Å². The van der Waals surface area contributed by atoms with E-state index in [1.165, 1.54) is 11.3 Å². The summed E-state index contributed by atoms with van der Waals surface area (Å²) >= 11 is 0. The molecule has 3 aromatic rings. The summed E-state index contributed by atoms with van der Waals surface area (Å²) in [5.74, 6) is 1.26. The van der Waals surface area contributed by atoms with Crippen LogP contribution in [0, 0.1) is 0 Å². The predicted octanol–water partition coefficient (Wildman–Crippen LogP) is 4.39. The van der Waals surface area contributed by atoms with Crippen LogP contribution in [0.4, 0.5) is 11.4 Å². The molecule has 1 amide bonds. The van der Waals surface area contributed by atoms with Crippen molar-refractivity contribution in [2.75, 3.05) is 50.1 Å². The lowest BCUT2D eigenvalue weighted by molar-refractivity contribution is -0.117. The Labute approximate surface area is 189 Å². The molecule has 0 spiro atoms. The number of nitrogens with one attached hydrogen (secondary N) is 1. The molecule has 1 heterocycles. The molecule has 0 atom stereocenters. The maximum Gasteiger partial charge on any atom is 0.238 e. The Bertz CT molecular complexity index is 1020. The van der Waals surface area contributed by atoms with Gasteiger partial charge in [-0.25, -0.2) is 0 Å². The van der Waals surface area contributed by atoms with Gasteiger partial charge >= 0.3 is 0 Å². The van der Waals surface area contributed by atoms with Crippen LogP contribution in [0.1, 0.15) is 5.56 Å². The van der Waals surface area contributed by atoms with Crippen molar-refractivity contribution in [3.05, 3.63) is 84.4 Å². The molecule has 1 aliphatic heterocycles. The topological polar surface area (TPSA) is 54.0 Å². The van der Waals surface area contributed by atoms with E-state index < -0.39 is 0 Å². The molecule has 6 heteroatoms. The van der Waals surface area contributed by atoms with Crippen molar-refractivity contribution in [2.24, 2.45) is 0 Å². The summed E-state index contributed by atoms with van der Waals surface area (Å²) in [6, 6.07) is 25.4. The standard InChI is InChI=1S/C26H29N3O3/c1-28(19-21-9-5-7-13-24(21)29-15-17-31-18-16-29)20-26(30)27-23-12-6-8-14-25(23)32-22-10-3-2-4-11-22/h2-14H,15-20H2,1H3,(H,27,30). The third-order valence-corrected chi connectivity index (χ3v) is 5.33. The monoisotopic (exact) mass is 431 g/mol. The second-order valence-corrected chi connectivity index (χ2v) is 7.86. The highest BCUT2D eigenvalue weighted by Gasteiger charge is 2.16. The van der Waals surface area contributed by atoms with E-state index in [0.29, 0.717) is 18.0 Å². The Hall–Kier alpha value is -3.35. The van der Waals surface area contributed by atoms with Gasteiger partial charge in [-0.15, -0.1) is 0 Å². The molecule has 0 bridgehead atoms. The van der Waals surface area contributed by atoms with Gasteiger partial charge in [0.2, 0.25) is 5.91 Å². The van der Waals surface area contributed by atoms with Crippen molar-refractivity contribution >= 4 is 17.3 Å². The van der Waals surface area contributed by atoms with Crippen molar-refractivity contribution in [2.45, 2.75) is 6.54 Å². The van der Waals surface area contributed by atoms with Crippen LogP contribution in [0.15, 0.2) is 78.9 Å². The zero-order valence-electron chi connectivity index (χ0n) is 18.4. The van der Waals surface area contributed by atoms with E-state index in [1.54, 1.807) is 0 Å². The lowest BCUT2D eigenvalue weighted by Crippen LogP contribution is -2.37. The molecule has 0 unspecified atom stereocenters. The molecule has 166 valence electrons. The maximum atomic E-state index is 12.8. The number of carbonyl (C=O) groups excluding carboxylic acids is 1. The van der Waals surface area contributed by atoms with Gasteiger partial charge < -0.3 is 19.7 Å². The Balaban J connectivity index is 1.37. The second-order valence-electron chi connectivity index (χ2n) is 7.86. The van der Waals surface area contributed by atoms with Gasteiger partial charge in [0.05, 0.1) is 25.4 Å². The number of ether oxygens (including phenoxy) is 2. The molecule has 0 aromatic heterocycles. The van der Waals surface area contributed by atoms with Crippen molar-refractivity contribution in [3.63, 3.8) is 0 Å². The molecule has 0 saturated carbocycles. The number of likely N-dealkylation sites (N-methyl/N-ethyl adjacent to an activating group) is 1. The number of morpholine rings is 1. The van der Waals surface area contributed by atoms with Crippen LogP contribution in [-0.4, -0.2) is 50.7 Å². The fourth-order valence-corrected chi connectivity index (χ4v) is 3.81. The van der Waals surface area contributed by atoms with Gasteiger partial charge in [0, 0.05) is 25.3 Å². The molecule has 0 aliphatic carbocycles. The first kappa shape index (κ1) is 21.9. The predicted molar refractivity (Wildman–Crippen MR) is 127 cm³/mol. The van der Waals surface area contributed by atoms with E-state index in [2.05, 4.69) is 28.4 Å². The first-order chi connectivity index (χ1) is 15.7. The number of nitrogens with zero attached hydrogens (tertiary/aromatic N) is 2. The van der Waals surface area contributed by atoms with E-state index in [0.717, 1.165) is 32.1 Å². The largest absolute Gasteiger partial charge is 0.455 e. The van der Waals surface area contributed by atoms with Gasteiger partial charge in [0.1, 0.15) is 5.75 Å². The average Bonchev–Trinajstić information content (AvgIpc) is 2.82. The average molecular weight is 432 g/mol. The highest BCUT2D eigenvalue weighted by atomic mass is 16.5. The third kappa shape index (κ3) is 5.87. The van der Waals surface area contributed by atoms with E-state index in [1.807, 2.05) is 72.6 Å². The Kier molecular flexibility index (Phi) is 7.38. The van der Waals surface area contributed by atoms with Crippen LogP contribution in [0.2, 0.25) is 0 Å². The molecule has 0 radical (unpaired) electrons. The minimum Gasteiger partial charge on any atom is -0.455 e. The molecule has 1 N–H and O–H groups in total. The number of benzene rings is 3. The number of para-hydroxylation sites is 4. The van der Waals surface area contributed by atoms with Crippen molar-refractivity contribution in [1.82, 2.24) is 4.90 Å². The van der Waals surface area contributed by atoms with Gasteiger partial charge in [-0.05, 0) is 42.9 Å². The quantitative estimate of drug-likeness (QED) is 0.573. The zero-order valence-corrected chi connectivity index (χ0v) is 18.4. The molecule has 4 rings (SSSR count). The van der Waals surface area contributed by atoms with E-state index in [4.69, 9.17) is 9.47 Å². The Morgan fingerprint density at radius 2 is 1.66 bits per heavy atom. The van der Waals surface area contributed by atoms with E-state index in [9.17, 15) is 4.79 Å². The number of rotatable bonds is 8. The molecule has 3 aromatic carbocycles. The van der Waals surface area contributed by atoms with Crippen molar-refractivity contribution in [1.29, 1.82) is 0 Å². The summed E-state index contributed by atoms with van der Waals surface area (Å²) in [5.41, 5.74) is 3.07. The number of amides is 1. The molecule has 6 nitrogen and oxygen atoms in total. The molecule has 32 heavy (non-hydrogen) atoms. The lowest BCUT2D eigenvalue weighted by atomic mass is 10.1. The minimum absolute atomic E-state index is 0.0829. The number of hydrogen-bond donors (Lipinski definition) is 1. The third-order valence-electron chi connectivity index (χ3n) is 5.33. The summed E-state index contributed by atoms with van der Waals surface area (Å²) in [5, 5.41) is 2.99. The molecule has 1 fully saturated rings. The zero-order chi connectivity index (χ0) is 22.2. The van der Waals surface area contributed by atoms with Crippen molar-refractivity contribution < 1.29 is 14.3 Å². The summed E-state index contributed by atoms with van der Waals surface area (Å²) in [6.07, 6.45) is 0. The Morgan fingerprint density at radius 1 is 0.969 bits per heavy atom. The number of hydrogen-bond acceptors (Lipinski definition) is 5. The maximum absolute atomic E-state index is 12.8. The Morgan fingerprint density at radius 3 is 2.47 bits per heavy atom. The highest BCUT2D eigenvalue weighted by molar-refractivity contribution is 5.93. The number of carbonyl (C=O) groups is 1. The highest BCUT2D eigenvalue weighted by Crippen LogP contribution is 2.29. The first-order valence-electron chi connectivity index (χ1n) is 10.9. The van der Waals surface area contributed by atoms with Crippen molar-refractivity contribution in [3.8, 4) is 11.5 Å². The minimum atomic E-state index is -0.0829. The smallest absolute Gasteiger partial charge is 0.238 e. The van der Waals surface area contributed by atoms with E-state index >= 15 is 0 Å². The van der Waals surface area contributed by atoms with Gasteiger partial charge in [-0.3, -0.25) is 9.69 Å². The summed E-state index contributed by atoms with van der Waals surface area (Å²) in [4.78, 5) is 17.1. The van der Waals surface area contributed by atoms with Gasteiger partial charge in [-0.1, -0.05) is 48.5 Å². The van der Waals surface area contributed by atoms with Gasteiger partial charge in [0.25, 0.3) is 0 Å². The summed E-state index contributed by atoms with van der Waals surface area (Å²) in [7, 11) is 1.96. The van der Waals surface area contributed by atoms with Crippen LogP contribution in [-0.2, 0) is 16.1 Å². The molecule has 1 aliphatic rings. The van der Waals surface area contributed by atoms with Crippen LogP contribution >= 0.6 is 0 Å².